The Morgan fingerprint density at radius 1 is 1.32 bits per heavy atom. The van der Waals surface area contributed by atoms with E-state index in [9.17, 15) is 4.79 Å². The maximum atomic E-state index is 12.6. The van der Waals surface area contributed by atoms with Crippen molar-refractivity contribution in [2.24, 2.45) is 5.92 Å². The normalized spacial score (nSPS) is 23.5. The summed E-state index contributed by atoms with van der Waals surface area (Å²) >= 11 is 0. The smallest absolute Gasteiger partial charge is 0.226 e. The molecule has 3 rings (SSSR count). The highest BCUT2D eigenvalue weighted by molar-refractivity contribution is 5.79. The van der Waals surface area contributed by atoms with Crippen LogP contribution in [0.1, 0.15) is 30.3 Å². The highest BCUT2D eigenvalue weighted by Gasteiger charge is 2.31. The van der Waals surface area contributed by atoms with Gasteiger partial charge < -0.3 is 20.1 Å². The van der Waals surface area contributed by atoms with Crippen LogP contribution in [-0.2, 0) is 14.3 Å². The number of nitrogen functional groups attached to an aromatic ring is 1. The third-order valence-electron chi connectivity index (χ3n) is 4.27. The largest absolute Gasteiger partial charge is 0.399 e. The van der Waals surface area contributed by atoms with Crippen molar-refractivity contribution in [3.63, 3.8) is 0 Å². The number of ether oxygens (including phenoxy) is 2. The van der Waals surface area contributed by atoms with Crippen molar-refractivity contribution in [1.29, 1.82) is 0 Å². The Morgan fingerprint density at radius 2 is 2.09 bits per heavy atom. The summed E-state index contributed by atoms with van der Waals surface area (Å²) in [5.41, 5.74) is 8.24. The summed E-state index contributed by atoms with van der Waals surface area (Å²) in [6, 6.07) is 3.66. The molecule has 6 nitrogen and oxygen atoms in total. The van der Waals surface area contributed by atoms with E-state index in [4.69, 9.17) is 15.2 Å². The molecule has 120 valence electrons. The Morgan fingerprint density at radius 3 is 2.82 bits per heavy atom. The van der Waals surface area contributed by atoms with E-state index in [0.29, 0.717) is 38.6 Å². The Kier molecular flexibility index (Phi) is 4.59. The van der Waals surface area contributed by atoms with E-state index >= 15 is 0 Å². The fraction of sp³-hybridized carbons (Fsp3) is 0.625. The average Bonchev–Trinajstić information content (AvgIpc) is 2.54. The first-order valence-corrected chi connectivity index (χ1v) is 7.85. The zero-order chi connectivity index (χ0) is 15.5. The van der Waals surface area contributed by atoms with Gasteiger partial charge in [-0.05, 0) is 31.9 Å². The summed E-state index contributed by atoms with van der Waals surface area (Å²) in [6.07, 6.45) is 1.44. The highest BCUT2D eigenvalue weighted by Crippen LogP contribution is 2.25. The van der Waals surface area contributed by atoms with E-state index in [1.54, 1.807) is 0 Å². The molecule has 2 saturated heterocycles. The van der Waals surface area contributed by atoms with Crippen molar-refractivity contribution in [3.8, 4) is 0 Å². The van der Waals surface area contributed by atoms with Gasteiger partial charge in [0.25, 0.3) is 0 Å². The Bertz CT molecular complexity index is 523. The number of aromatic nitrogens is 1. The number of carbonyl (C=O) groups excluding carboxylic acids is 1. The van der Waals surface area contributed by atoms with E-state index in [0.717, 1.165) is 24.2 Å². The third kappa shape index (κ3) is 3.39. The van der Waals surface area contributed by atoms with Crippen LogP contribution in [0.4, 0.5) is 5.69 Å². The van der Waals surface area contributed by atoms with Gasteiger partial charge in [-0.15, -0.1) is 0 Å². The van der Waals surface area contributed by atoms with Crippen molar-refractivity contribution in [2.45, 2.75) is 25.9 Å². The van der Waals surface area contributed by atoms with Gasteiger partial charge in [-0.25, -0.2) is 0 Å². The lowest BCUT2D eigenvalue weighted by molar-refractivity contribution is -0.146. The molecule has 1 aromatic heterocycles. The SMILES string of the molecule is Cc1cc(N)cc([C@H]2CN(C(=O)C3CCOCC3)CCO2)n1. The molecule has 0 aromatic carbocycles. The first-order valence-electron chi connectivity index (χ1n) is 7.85. The van der Waals surface area contributed by atoms with E-state index in [1.807, 2.05) is 24.0 Å². The first kappa shape index (κ1) is 15.2. The average molecular weight is 305 g/mol. The van der Waals surface area contributed by atoms with Gasteiger partial charge in [0, 0.05) is 37.1 Å². The van der Waals surface area contributed by atoms with E-state index < -0.39 is 0 Å². The van der Waals surface area contributed by atoms with Crippen LogP contribution in [0.15, 0.2) is 12.1 Å². The van der Waals surface area contributed by atoms with Gasteiger partial charge in [0.15, 0.2) is 0 Å². The van der Waals surface area contributed by atoms with Gasteiger partial charge in [-0.3, -0.25) is 9.78 Å². The van der Waals surface area contributed by atoms with Gasteiger partial charge in [-0.1, -0.05) is 0 Å². The van der Waals surface area contributed by atoms with Crippen LogP contribution in [0, 0.1) is 12.8 Å². The fourth-order valence-corrected chi connectivity index (χ4v) is 3.12. The van der Waals surface area contributed by atoms with Crippen molar-refractivity contribution in [2.75, 3.05) is 38.6 Å². The second-order valence-electron chi connectivity index (χ2n) is 6.00. The van der Waals surface area contributed by atoms with Crippen molar-refractivity contribution in [3.05, 3.63) is 23.5 Å². The number of pyridine rings is 1. The summed E-state index contributed by atoms with van der Waals surface area (Å²) in [6.45, 7) is 5.00. The molecule has 0 bridgehead atoms. The molecule has 0 aliphatic carbocycles. The van der Waals surface area contributed by atoms with Crippen LogP contribution < -0.4 is 5.73 Å². The lowest BCUT2D eigenvalue weighted by Gasteiger charge is -2.35. The molecule has 6 heteroatoms. The number of nitrogens with two attached hydrogens (primary N) is 1. The second kappa shape index (κ2) is 6.62. The summed E-state index contributed by atoms with van der Waals surface area (Å²) in [4.78, 5) is 19.0. The summed E-state index contributed by atoms with van der Waals surface area (Å²) in [7, 11) is 0. The third-order valence-corrected chi connectivity index (χ3v) is 4.27. The van der Waals surface area contributed by atoms with Crippen molar-refractivity contribution in [1.82, 2.24) is 9.88 Å². The van der Waals surface area contributed by atoms with E-state index in [2.05, 4.69) is 4.98 Å². The molecule has 3 heterocycles. The lowest BCUT2D eigenvalue weighted by Crippen LogP contribution is -2.46. The number of rotatable bonds is 2. The number of morpholine rings is 1. The van der Waals surface area contributed by atoms with Crippen LogP contribution in [0.25, 0.3) is 0 Å². The van der Waals surface area contributed by atoms with E-state index in [-0.39, 0.29) is 17.9 Å². The molecule has 1 aromatic rings. The monoisotopic (exact) mass is 305 g/mol. The maximum absolute atomic E-state index is 12.6. The molecule has 2 aliphatic heterocycles. The fourth-order valence-electron chi connectivity index (χ4n) is 3.12. The first-order chi connectivity index (χ1) is 10.6. The number of hydrogen-bond acceptors (Lipinski definition) is 5. The number of carbonyl (C=O) groups is 1. The summed E-state index contributed by atoms with van der Waals surface area (Å²) in [5, 5.41) is 0. The second-order valence-corrected chi connectivity index (χ2v) is 6.00. The van der Waals surface area contributed by atoms with E-state index in [1.165, 1.54) is 0 Å². The molecular weight excluding hydrogens is 282 g/mol. The van der Waals surface area contributed by atoms with Crippen LogP contribution in [0.2, 0.25) is 0 Å². The minimum atomic E-state index is -0.195. The highest BCUT2D eigenvalue weighted by atomic mass is 16.5. The Balaban J connectivity index is 1.69. The van der Waals surface area contributed by atoms with Crippen LogP contribution in [0.5, 0.6) is 0 Å². The van der Waals surface area contributed by atoms with Gasteiger partial charge in [0.2, 0.25) is 5.91 Å². The maximum Gasteiger partial charge on any atom is 0.226 e. The lowest BCUT2D eigenvalue weighted by atomic mass is 9.98. The number of aryl methyl sites for hydroxylation is 1. The summed E-state index contributed by atoms with van der Waals surface area (Å²) < 4.78 is 11.1. The minimum Gasteiger partial charge on any atom is -0.399 e. The molecule has 0 radical (unpaired) electrons. The molecule has 0 unspecified atom stereocenters. The number of hydrogen-bond donors (Lipinski definition) is 1. The topological polar surface area (TPSA) is 77.7 Å². The number of amides is 1. The van der Waals surface area contributed by atoms with Crippen LogP contribution >= 0.6 is 0 Å². The van der Waals surface area contributed by atoms with Gasteiger partial charge >= 0.3 is 0 Å². The summed E-state index contributed by atoms with van der Waals surface area (Å²) in [5.74, 6) is 0.306. The van der Waals surface area contributed by atoms with Crippen LogP contribution in [0.3, 0.4) is 0 Å². The van der Waals surface area contributed by atoms with Gasteiger partial charge in [-0.2, -0.15) is 0 Å². The Labute approximate surface area is 130 Å². The number of nitrogens with zero attached hydrogens (tertiary/aromatic N) is 2. The molecule has 1 atom stereocenters. The Hall–Kier alpha value is -1.66. The number of anilines is 1. The molecule has 0 spiro atoms. The zero-order valence-corrected chi connectivity index (χ0v) is 13.0. The molecule has 2 aliphatic rings. The standard InChI is InChI=1S/C16H23N3O3/c1-11-8-13(17)9-14(18-11)15-10-19(4-7-22-15)16(20)12-2-5-21-6-3-12/h8-9,12,15H,2-7,10H2,1H3,(H2,17,18)/t15-/m1/s1. The minimum absolute atomic E-state index is 0.0861. The molecule has 22 heavy (non-hydrogen) atoms. The predicted molar refractivity (Wildman–Crippen MR) is 82.2 cm³/mol. The molecular formula is C16H23N3O3. The molecule has 1 amide bonds. The zero-order valence-electron chi connectivity index (χ0n) is 13.0. The van der Waals surface area contributed by atoms with Gasteiger partial charge in [0.05, 0.1) is 18.8 Å². The van der Waals surface area contributed by atoms with Crippen LogP contribution in [-0.4, -0.2) is 48.7 Å². The van der Waals surface area contributed by atoms with Gasteiger partial charge in [0.1, 0.15) is 6.10 Å². The quantitative estimate of drug-likeness (QED) is 0.891. The van der Waals surface area contributed by atoms with Crippen molar-refractivity contribution < 1.29 is 14.3 Å². The molecule has 0 saturated carbocycles. The van der Waals surface area contributed by atoms with Crippen molar-refractivity contribution >= 4 is 11.6 Å². The predicted octanol–water partition coefficient (Wildman–Crippen LogP) is 1.30. The molecule has 2 fully saturated rings. The molecule has 2 N–H and O–H groups in total.